The fourth-order valence-electron chi connectivity index (χ4n) is 2.09. The smallest absolute Gasteiger partial charge is 0.313 e. The number of rotatable bonds is 0. The van der Waals surface area contributed by atoms with Crippen LogP contribution in [0.2, 0.25) is 0 Å². The van der Waals surface area contributed by atoms with E-state index in [4.69, 9.17) is 4.74 Å². The predicted molar refractivity (Wildman–Crippen MR) is 41.5 cm³/mol. The second-order valence-corrected chi connectivity index (χ2v) is 3.56. The van der Waals surface area contributed by atoms with Crippen LogP contribution in [0.5, 0.6) is 0 Å². The van der Waals surface area contributed by atoms with Crippen LogP contribution in [-0.4, -0.2) is 17.9 Å². The molecule has 1 saturated heterocycles. The topological polar surface area (TPSA) is 43.4 Å². The monoisotopic (exact) mass is 168 g/mol. The number of hydrogen-bond acceptors (Lipinski definition) is 3. The summed E-state index contributed by atoms with van der Waals surface area (Å²) in [5.74, 6) is -0.212. The van der Waals surface area contributed by atoms with Crippen molar-refractivity contribution in [3.63, 3.8) is 0 Å². The zero-order valence-corrected chi connectivity index (χ0v) is 6.91. The lowest BCUT2D eigenvalue weighted by Crippen LogP contribution is -2.41. The van der Waals surface area contributed by atoms with Gasteiger partial charge in [-0.2, -0.15) is 0 Å². The van der Waals surface area contributed by atoms with Crippen molar-refractivity contribution in [1.29, 1.82) is 0 Å². The van der Waals surface area contributed by atoms with E-state index in [0.29, 0.717) is 0 Å². The second kappa shape index (κ2) is 2.88. The normalized spacial score (nSPS) is 35.7. The van der Waals surface area contributed by atoms with E-state index in [9.17, 15) is 9.59 Å². The lowest BCUT2D eigenvalue weighted by atomic mass is 9.81. The number of fused-ring (bicyclic) bond motifs is 1. The van der Waals surface area contributed by atoms with Crippen molar-refractivity contribution in [2.24, 2.45) is 5.92 Å². The highest BCUT2D eigenvalue weighted by molar-refractivity contribution is 5.99. The third kappa shape index (κ3) is 1.24. The Balaban J connectivity index is 2.11. The van der Waals surface area contributed by atoms with E-state index < -0.39 is 0 Å². The molecule has 0 radical (unpaired) electrons. The summed E-state index contributed by atoms with van der Waals surface area (Å²) in [7, 11) is 0. The molecule has 2 fully saturated rings. The summed E-state index contributed by atoms with van der Waals surface area (Å²) in [5, 5.41) is 0. The van der Waals surface area contributed by atoms with Crippen molar-refractivity contribution in [3.8, 4) is 0 Å². The molecule has 0 aromatic carbocycles. The average Bonchev–Trinajstić information content (AvgIpc) is 2.04. The summed E-state index contributed by atoms with van der Waals surface area (Å²) in [6.45, 7) is 0. The van der Waals surface area contributed by atoms with Gasteiger partial charge in [0.2, 0.25) is 0 Å². The lowest BCUT2D eigenvalue weighted by Gasteiger charge is -2.33. The van der Waals surface area contributed by atoms with Crippen molar-refractivity contribution in [3.05, 3.63) is 0 Å². The Hall–Kier alpha value is -0.860. The van der Waals surface area contributed by atoms with Gasteiger partial charge in [0.25, 0.3) is 0 Å². The maximum absolute atomic E-state index is 11.3. The van der Waals surface area contributed by atoms with Gasteiger partial charge in [-0.1, -0.05) is 6.42 Å². The fourth-order valence-corrected chi connectivity index (χ4v) is 2.09. The Morgan fingerprint density at radius 2 is 1.92 bits per heavy atom. The largest absolute Gasteiger partial charge is 0.461 e. The molecule has 0 spiro atoms. The van der Waals surface area contributed by atoms with Crippen LogP contribution in [0.25, 0.3) is 0 Å². The molecular weight excluding hydrogens is 156 g/mol. The quantitative estimate of drug-likeness (QED) is 0.401. The van der Waals surface area contributed by atoms with Gasteiger partial charge in [-0.3, -0.25) is 9.59 Å². The maximum atomic E-state index is 11.3. The number of Topliss-reactive ketones (excluding diaryl/α,β-unsaturated/α-hetero) is 1. The minimum absolute atomic E-state index is 0.00116. The van der Waals surface area contributed by atoms with E-state index >= 15 is 0 Å². The minimum Gasteiger partial charge on any atom is -0.461 e. The minimum atomic E-state index is -0.330. The first-order valence-corrected chi connectivity index (χ1v) is 4.49. The Morgan fingerprint density at radius 1 is 1.17 bits per heavy atom. The van der Waals surface area contributed by atoms with Crippen LogP contribution in [0.4, 0.5) is 0 Å². The summed E-state index contributed by atoms with van der Waals surface area (Å²) >= 11 is 0. The third-order valence-electron chi connectivity index (χ3n) is 2.72. The second-order valence-electron chi connectivity index (χ2n) is 3.56. The van der Waals surface area contributed by atoms with E-state index in [1.54, 1.807) is 0 Å². The average molecular weight is 168 g/mol. The number of carbonyl (C=O) groups excluding carboxylic acids is 2. The van der Waals surface area contributed by atoms with Crippen LogP contribution in [0.3, 0.4) is 0 Å². The molecule has 12 heavy (non-hydrogen) atoms. The van der Waals surface area contributed by atoms with Gasteiger partial charge < -0.3 is 4.74 Å². The van der Waals surface area contributed by atoms with Gasteiger partial charge >= 0.3 is 5.97 Å². The molecule has 0 amide bonds. The van der Waals surface area contributed by atoms with Crippen molar-refractivity contribution < 1.29 is 14.3 Å². The number of hydrogen-bond donors (Lipinski definition) is 0. The molecule has 2 atom stereocenters. The molecule has 3 nitrogen and oxygen atoms in total. The van der Waals surface area contributed by atoms with Gasteiger partial charge in [-0.05, 0) is 19.3 Å². The first-order valence-electron chi connectivity index (χ1n) is 4.49. The van der Waals surface area contributed by atoms with Gasteiger partial charge in [-0.15, -0.1) is 0 Å². The highest BCUT2D eigenvalue weighted by Crippen LogP contribution is 2.31. The molecule has 1 saturated carbocycles. The SMILES string of the molecule is O=C1CC(=O)C2CCCCC2O1. The summed E-state index contributed by atoms with van der Waals surface area (Å²) < 4.78 is 5.10. The number of ether oxygens (including phenoxy) is 1. The van der Waals surface area contributed by atoms with Gasteiger partial charge in [0.15, 0.2) is 5.78 Å². The molecule has 66 valence electrons. The van der Waals surface area contributed by atoms with E-state index in [1.165, 1.54) is 0 Å². The van der Waals surface area contributed by atoms with Crippen molar-refractivity contribution in [2.45, 2.75) is 38.2 Å². The maximum Gasteiger partial charge on any atom is 0.313 e. The zero-order chi connectivity index (χ0) is 8.55. The fraction of sp³-hybridized carbons (Fsp3) is 0.778. The van der Waals surface area contributed by atoms with Gasteiger partial charge in [0.05, 0.1) is 5.92 Å². The molecule has 2 aliphatic rings. The van der Waals surface area contributed by atoms with Crippen LogP contribution in [0, 0.1) is 5.92 Å². The standard InChI is InChI=1S/C9H12O3/c10-7-5-9(11)12-8-4-2-1-3-6(7)8/h6,8H,1-5H2. The Kier molecular flexibility index (Phi) is 1.87. The van der Waals surface area contributed by atoms with Crippen molar-refractivity contribution in [2.75, 3.05) is 0 Å². The zero-order valence-electron chi connectivity index (χ0n) is 6.91. The molecule has 1 heterocycles. The van der Waals surface area contributed by atoms with Gasteiger partial charge in [0.1, 0.15) is 12.5 Å². The van der Waals surface area contributed by atoms with E-state index in [2.05, 4.69) is 0 Å². The number of carbonyl (C=O) groups is 2. The summed E-state index contributed by atoms with van der Waals surface area (Å²) in [5.41, 5.74) is 0. The molecule has 0 bridgehead atoms. The summed E-state index contributed by atoms with van der Waals surface area (Å²) in [4.78, 5) is 22.2. The molecular formula is C9H12O3. The first kappa shape index (κ1) is 7.77. The molecule has 1 aliphatic heterocycles. The van der Waals surface area contributed by atoms with Crippen molar-refractivity contribution >= 4 is 11.8 Å². The van der Waals surface area contributed by atoms with Crippen molar-refractivity contribution in [1.82, 2.24) is 0 Å². The third-order valence-corrected chi connectivity index (χ3v) is 2.72. The lowest BCUT2D eigenvalue weighted by molar-refractivity contribution is -0.165. The summed E-state index contributed by atoms with van der Waals surface area (Å²) in [6, 6.07) is 0. The molecule has 3 heteroatoms. The molecule has 2 rings (SSSR count). The van der Waals surface area contributed by atoms with Crippen LogP contribution in [0.1, 0.15) is 32.1 Å². The number of ketones is 1. The highest BCUT2D eigenvalue weighted by Gasteiger charge is 2.38. The van der Waals surface area contributed by atoms with Gasteiger partial charge in [-0.25, -0.2) is 0 Å². The molecule has 0 aromatic rings. The Bertz CT molecular complexity index is 222. The highest BCUT2D eigenvalue weighted by atomic mass is 16.5. The van der Waals surface area contributed by atoms with Crippen LogP contribution >= 0.6 is 0 Å². The van der Waals surface area contributed by atoms with E-state index in [1.807, 2.05) is 0 Å². The van der Waals surface area contributed by atoms with Gasteiger partial charge in [0, 0.05) is 0 Å². The Labute approximate surface area is 71.1 Å². The van der Waals surface area contributed by atoms with Crippen LogP contribution in [-0.2, 0) is 14.3 Å². The summed E-state index contributed by atoms with van der Waals surface area (Å²) in [6.07, 6.45) is 3.89. The molecule has 1 aliphatic carbocycles. The molecule has 2 unspecified atom stereocenters. The van der Waals surface area contributed by atoms with E-state index in [-0.39, 0.29) is 30.2 Å². The first-order chi connectivity index (χ1) is 5.77. The molecule has 0 aromatic heterocycles. The number of esters is 1. The van der Waals surface area contributed by atoms with Crippen LogP contribution < -0.4 is 0 Å². The predicted octanol–water partition coefficient (Wildman–Crippen LogP) is 1.06. The van der Waals surface area contributed by atoms with Crippen LogP contribution in [0.15, 0.2) is 0 Å². The van der Waals surface area contributed by atoms with E-state index in [0.717, 1.165) is 25.7 Å². The molecule has 0 N–H and O–H groups in total. The Morgan fingerprint density at radius 3 is 2.75 bits per heavy atom.